The largest absolute Gasteiger partial charge is 0.480 e. The molecule has 1 atom stereocenters. The second kappa shape index (κ2) is 10.7. The number of ketones is 4. The van der Waals surface area contributed by atoms with Crippen molar-refractivity contribution in [3.63, 3.8) is 0 Å². The normalized spacial score (nSPS) is 20.8. The van der Waals surface area contributed by atoms with Crippen molar-refractivity contribution >= 4 is 29.1 Å². The maximum Gasteiger partial charge on any atom is 0.326 e. The zero-order valence-electron chi connectivity index (χ0n) is 21.2. The minimum absolute atomic E-state index is 0.0829. The Bertz CT molecular complexity index is 910. The summed E-state index contributed by atoms with van der Waals surface area (Å²) in [6.45, 7) is 11.4. The average Bonchev–Trinajstić information content (AvgIpc) is 2.63. The molecule has 8 heteroatoms. The summed E-state index contributed by atoms with van der Waals surface area (Å²) in [5.41, 5.74) is 0.516. The Balaban J connectivity index is 1.91. The van der Waals surface area contributed by atoms with Gasteiger partial charge >= 0.3 is 5.97 Å². The number of carboxylic acid groups (broad SMARTS) is 1. The summed E-state index contributed by atoms with van der Waals surface area (Å²) in [6, 6.07) is -0.925. The smallest absolute Gasteiger partial charge is 0.326 e. The molecule has 0 aliphatic heterocycles. The molecule has 0 aromatic carbocycles. The highest BCUT2D eigenvalue weighted by Gasteiger charge is 2.38. The SMILES string of the molecule is CC(NCCCC[C@H](NC(C)=C1C(=O)CC(C)(C)CC1=O)C(=O)O)=C1C(=O)CC(C)(C)CC1=O. The zero-order valence-corrected chi connectivity index (χ0v) is 21.2. The lowest BCUT2D eigenvalue weighted by Gasteiger charge is -2.30. The van der Waals surface area contributed by atoms with Gasteiger partial charge in [0.15, 0.2) is 23.1 Å². The van der Waals surface area contributed by atoms with Crippen molar-refractivity contribution in [1.82, 2.24) is 10.6 Å². The maximum atomic E-state index is 12.5. The number of allylic oxidation sites excluding steroid dienone is 4. The van der Waals surface area contributed by atoms with E-state index < -0.39 is 12.0 Å². The van der Waals surface area contributed by atoms with Gasteiger partial charge in [0.05, 0.1) is 11.1 Å². The molecule has 0 spiro atoms. The van der Waals surface area contributed by atoms with Gasteiger partial charge in [0.2, 0.25) is 0 Å². The number of nitrogens with one attached hydrogen (secondary N) is 2. The summed E-state index contributed by atoms with van der Waals surface area (Å²) >= 11 is 0. The minimum atomic E-state index is -1.05. The van der Waals surface area contributed by atoms with Gasteiger partial charge in [-0.1, -0.05) is 27.7 Å². The molecule has 3 N–H and O–H groups in total. The molecule has 8 nitrogen and oxygen atoms in total. The highest BCUT2D eigenvalue weighted by atomic mass is 16.4. The first kappa shape index (κ1) is 27.5. The van der Waals surface area contributed by atoms with Crippen molar-refractivity contribution < 1.29 is 29.1 Å². The number of hydrogen-bond acceptors (Lipinski definition) is 7. The van der Waals surface area contributed by atoms with Gasteiger partial charge in [-0.25, -0.2) is 4.79 Å². The van der Waals surface area contributed by atoms with E-state index >= 15 is 0 Å². The summed E-state index contributed by atoms with van der Waals surface area (Å²) in [5, 5.41) is 15.6. The van der Waals surface area contributed by atoms with E-state index in [9.17, 15) is 29.1 Å². The fourth-order valence-electron chi connectivity index (χ4n) is 4.79. The second-order valence-corrected chi connectivity index (χ2v) is 11.2. The van der Waals surface area contributed by atoms with Gasteiger partial charge in [0, 0.05) is 43.6 Å². The van der Waals surface area contributed by atoms with Crippen LogP contribution in [0.4, 0.5) is 0 Å². The highest BCUT2D eigenvalue weighted by Crippen LogP contribution is 2.35. The van der Waals surface area contributed by atoms with E-state index in [0.717, 1.165) is 0 Å². The zero-order chi connectivity index (χ0) is 25.8. The number of carbonyl (C=O) groups excluding carboxylic acids is 4. The van der Waals surface area contributed by atoms with Gasteiger partial charge in [-0.05, 0) is 43.9 Å². The molecule has 0 bridgehead atoms. The molecule has 34 heavy (non-hydrogen) atoms. The topological polar surface area (TPSA) is 130 Å². The van der Waals surface area contributed by atoms with Gasteiger partial charge in [0.1, 0.15) is 6.04 Å². The lowest BCUT2D eigenvalue weighted by Crippen LogP contribution is -2.39. The molecule has 2 fully saturated rings. The van der Waals surface area contributed by atoms with Crippen LogP contribution >= 0.6 is 0 Å². The van der Waals surface area contributed by atoms with Gasteiger partial charge in [-0.2, -0.15) is 0 Å². The monoisotopic (exact) mass is 474 g/mol. The van der Waals surface area contributed by atoms with E-state index in [1.807, 2.05) is 27.7 Å². The van der Waals surface area contributed by atoms with Gasteiger partial charge in [-0.3, -0.25) is 19.2 Å². The van der Waals surface area contributed by atoms with E-state index in [-0.39, 0.29) is 58.0 Å². The summed E-state index contributed by atoms with van der Waals surface area (Å²) in [6.07, 6.45) is 2.70. The fraction of sp³-hybridized carbons (Fsp3) is 0.654. The van der Waals surface area contributed by atoms with Crippen LogP contribution in [0.3, 0.4) is 0 Å². The van der Waals surface area contributed by atoms with Crippen LogP contribution in [-0.4, -0.2) is 46.8 Å². The van der Waals surface area contributed by atoms with Gasteiger partial charge < -0.3 is 15.7 Å². The van der Waals surface area contributed by atoms with Crippen molar-refractivity contribution in [2.75, 3.05) is 6.54 Å². The predicted molar refractivity (Wildman–Crippen MR) is 128 cm³/mol. The molecular formula is C26H38N2O6. The van der Waals surface area contributed by atoms with Gasteiger partial charge in [0.25, 0.3) is 0 Å². The van der Waals surface area contributed by atoms with E-state index in [0.29, 0.717) is 50.0 Å². The molecule has 0 aromatic heterocycles. The molecule has 2 rings (SSSR count). The minimum Gasteiger partial charge on any atom is -0.480 e. The predicted octanol–water partition coefficient (Wildman–Crippen LogP) is 3.25. The van der Waals surface area contributed by atoms with Crippen LogP contribution in [0, 0.1) is 10.8 Å². The van der Waals surface area contributed by atoms with Crippen LogP contribution < -0.4 is 10.6 Å². The summed E-state index contributed by atoms with van der Waals surface area (Å²) < 4.78 is 0. The van der Waals surface area contributed by atoms with Crippen molar-refractivity contribution in [2.24, 2.45) is 10.8 Å². The Morgan fingerprint density at radius 3 is 1.62 bits per heavy atom. The number of rotatable bonds is 9. The molecule has 0 heterocycles. The Morgan fingerprint density at radius 2 is 1.21 bits per heavy atom. The summed E-state index contributed by atoms with van der Waals surface area (Å²) in [7, 11) is 0. The molecule has 188 valence electrons. The molecular weight excluding hydrogens is 436 g/mol. The van der Waals surface area contributed by atoms with E-state index in [1.165, 1.54) is 0 Å². The lowest BCUT2D eigenvalue weighted by molar-refractivity contribution is -0.139. The van der Waals surface area contributed by atoms with Crippen LogP contribution in [0.15, 0.2) is 22.5 Å². The third-order valence-corrected chi connectivity index (χ3v) is 6.42. The number of Topliss-reactive ketones (excluding diaryl/α,β-unsaturated/α-hetero) is 4. The van der Waals surface area contributed by atoms with E-state index in [4.69, 9.17) is 0 Å². The lowest BCUT2D eigenvalue weighted by atomic mass is 9.73. The Kier molecular flexibility index (Phi) is 8.61. The number of hydrogen-bond donors (Lipinski definition) is 3. The number of unbranched alkanes of at least 4 members (excludes halogenated alkanes) is 1. The second-order valence-electron chi connectivity index (χ2n) is 11.2. The first-order valence-corrected chi connectivity index (χ1v) is 11.9. The number of carbonyl (C=O) groups is 5. The number of carboxylic acids is 1. The molecule has 0 saturated heterocycles. The summed E-state index contributed by atoms with van der Waals surface area (Å²) in [4.78, 5) is 61.4. The van der Waals surface area contributed by atoms with E-state index in [1.54, 1.807) is 13.8 Å². The van der Waals surface area contributed by atoms with Crippen LogP contribution in [0.1, 0.15) is 86.5 Å². The standard InChI is InChI=1S/C26H38N2O6/c1-15(22-18(29)11-25(3,4)12-19(22)30)27-10-8-7-9-17(24(33)34)28-16(2)23-20(31)13-26(5,6)14-21(23)32/h17,27-28H,7-14H2,1-6H3,(H,33,34)/t17-/m0/s1. The Labute approximate surface area is 201 Å². The third-order valence-electron chi connectivity index (χ3n) is 6.42. The van der Waals surface area contributed by atoms with Crippen molar-refractivity contribution in [3.8, 4) is 0 Å². The molecule has 2 aliphatic rings. The first-order valence-electron chi connectivity index (χ1n) is 11.9. The van der Waals surface area contributed by atoms with Crippen LogP contribution in [0.25, 0.3) is 0 Å². The molecule has 2 aliphatic carbocycles. The quantitative estimate of drug-likeness (QED) is 0.264. The van der Waals surface area contributed by atoms with Crippen molar-refractivity contribution in [1.29, 1.82) is 0 Å². The average molecular weight is 475 g/mol. The van der Waals surface area contributed by atoms with Crippen LogP contribution in [0.5, 0.6) is 0 Å². The fourth-order valence-corrected chi connectivity index (χ4v) is 4.79. The van der Waals surface area contributed by atoms with Crippen LogP contribution in [0.2, 0.25) is 0 Å². The van der Waals surface area contributed by atoms with Crippen molar-refractivity contribution in [3.05, 3.63) is 22.5 Å². The summed E-state index contributed by atoms with van der Waals surface area (Å²) in [5.74, 6) is -1.83. The molecule has 0 amide bonds. The first-order chi connectivity index (χ1) is 15.6. The Hall–Kier alpha value is -2.77. The van der Waals surface area contributed by atoms with Crippen LogP contribution in [-0.2, 0) is 24.0 Å². The molecule has 0 radical (unpaired) electrons. The molecule has 0 aromatic rings. The number of aliphatic carboxylic acids is 1. The molecule has 0 unspecified atom stereocenters. The molecule has 2 saturated carbocycles. The van der Waals surface area contributed by atoms with Crippen molar-refractivity contribution in [2.45, 2.75) is 92.5 Å². The third kappa shape index (κ3) is 7.11. The maximum absolute atomic E-state index is 12.5. The highest BCUT2D eigenvalue weighted by molar-refractivity contribution is 6.23. The van der Waals surface area contributed by atoms with Gasteiger partial charge in [-0.15, -0.1) is 0 Å². The Morgan fingerprint density at radius 1 is 0.794 bits per heavy atom. The van der Waals surface area contributed by atoms with E-state index in [2.05, 4.69) is 10.6 Å².